The number of nitrogens with one attached hydrogen (secondary N) is 1. The van der Waals surface area contributed by atoms with Crippen LogP contribution in [0.15, 0.2) is 65.6 Å². The monoisotopic (exact) mass is 510 g/mol. The number of nitrogens with zero attached hydrogens (tertiary/aromatic N) is 1. The highest BCUT2D eigenvalue weighted by Gasteiger charge is 2.30. The molecular weight excluding hydrogens is 480 g/mol. The lowest BCUT2D eigenvalue weighted by atomic mass is 10.1. The summed E-state index contributed by atoms with van der Waals surface area (Å²) in [5, 5.41) is 2.89. The molecule has 9 heteroatoms. The maximum absolute atomic E-state index is 13.3. The van der Waals surface area contributed by atoms with Crippen LogP contribution in [0, 0.1) is 6.92 Å². The minimum absolute atomic E-state index is 0.190. The van der Waals surface area contributed by atoms with E-state index in [9.17, 15) is 13.2 Å². The van der Waals surface area contributed by atoms with Gasteiger partial charge in [-0.05, 0) is 73.4 Å². The van der Waals surface area contributed by atoms with E-state index in [4.69, 9.17) is 14.2 Å². The number of benzene rings is 3. The molecule has 0 bridgehead atoms. The van der Waals surface area contributed by atoms with Gasteiger partial charge in [-0.25, -0.2) is 8.42 Å². The standard InChI is InChI=1S/C27H30N2O6S/c1-18-15-22(36(31,32)29-14-13-20-7-5-6-8-23(20)29)10-12-24(18)35-17-27(30)28-19(2)21-9-11-25(33-3)26(16-21)34-4/h5-12,15-16,19H,13-14,17H2,1-4H3,(H,28,30)/t19-/m1/s1. The summed E-state index contributed by atoms with van der Waals surface area (Å²) in [5.41, 5.74) is 3.22. The summed E-state index contributed by atoms with van der Waals surface area (Å²) in [6, 6.07) is 17.4. The van der Waals surface area contributed by atoms with Gasteiger partial charge in [-0.15, -0.1) is 0 Å². The first-order valence-corrected chi connectivity index (χ1v) is 13.0. The molecule has 0 spiro atoms. The first-order valence-electron chi connectivity index (χ1n) is 11.6. The van der Waals surface area contributed by atoms with Crippen LogP contribution in [0.5, 0.6) is 17.2 Å². The number of rotatable bonds is 9. The molecule has 1 atom stereocenters. The van der Waals surface area contributed by atoms with Crippen LogP contribution >= 0.6 is 0 Å². The number of carbonyl (C=O) groups excluding carboxylic acids is 1. The van der Waals surface area contributed by atoms with Crippen LogP contribution < -0.4 is 23.8 Å². The van der Waals surface area contributed by atoms with Gasteiger partial charge in [0.1, 0.15) is 5.75 Å². The Balaban J connectivity index is 1.39. The Bertz CT molecular complexity index is 1370. The molecule has 0 saturated carbocycles. The van der Waals surface area contributed by atoms with Gasteiger partial charge in [0.2, 0.25) is 0 Å². The van der Waals surface area contributed by atoms with E-state index in [1.165, 1.54) is 10.4 Å². The predicted molar refractivity (Wildman–Crippen MR) is 137 cm³/mol. The Morgan fingerprint density at radius 3 is 2.44 bits per heavy atom. The molecule has 190 valence electrons. The van der Waals surface area contributed by atoms with Crippen LogP contribution in [0.3, 0.4) is 0 Å². The average molecular weight is 511 g/mol. The molecule has 3 aromatic rings. The fraction of sp³-hybridized carbons (Fsp3) is 0.296. The van der Waals surface area contributed by atoms with Gasteiger partial charge in [-0.3, -0.25) is 9.10 Å². The van der Waals surface area contributed by atoms with Gasteiger partial charge in [-0.1, -0.05) is 24.3 Å². The summed E-state index contributed by atoms with van der Waals surface area (Å²) in [7, 11) is -0.579. The maximum atomic E-state index is 13.3. The lowest BCUT2D eigenvalue weighted by Crippen LogP contribution is -2.31. The second kappa shape index (κ2) is 10.5. The summed E-state index contributed by atoms with van der Waals surface area (Å²) in [6.07, 6.45) is 0.687. The van der Waals surface area contributed by atoms with Crippen LogP contribution in [-0.4, -0.2) is 41.7 Å². The number of amides is 1. The molecule has 0 radical (unpaired) electrons. The van der Waals surface area contributed by atoms with Gasteiger partial charge in [0.15, 0.2) is 18.1 Å². The molecule has 1 aliphatic rings. The number of ether oxygens (including phenoxy) is 3. The lowest BCUT2D eigenvalue weighted by Gasteiger charge is -2.20. The molecule has 0 aromatic heterocycles. The first kappa shape index (κ1) is 25.4. The Morgan fingerprint density at radius 2 is 1.72 bits per heavy atom. The van der Waals surface area contributed by atoms with Gasteiger partial charge >= 0.3 is 0 Å². The molecule has 4 rings (SSSR count). The van der Waals surface area contributed by atoms with Crippen molar-refractivity contribution in [1.29, 1.82) is 0 Å². The first-order chi connectivity index (χ1) is 17.2. The molecule has 1 heterocycles. The molecule has 0 fully saturated rings. The third-order valence-electron chi connectivity index (χ3n) is 6.22. The van der Waals surface area contributed by atoms with Crippen molar-refractivity contribution in [2.75, 3.05) is 31.7 Å². The third-order valence-corrected chi connectivity index (χ3v) is 8.03. The topological polar surface area (TPSA) is 94.2 Å². The largest absolute Gasteiger partial charge is 0.493 e. The van der Waals surface area contributed by atoms with Gasteiger partial charge in [-0.2, -0.15) is 0 Å². The van der Waals surface area contributed by atoms with Crippen LogP contribution in [0.2, 0.25) is 0 Å². The SMILES string of the molecule is COc1ccc([C@@H](C)NC(=O)COc2ccc(S(=O)(=O)N3CCc4ccccc43)cc2C)cc1OC. The van der Waals surface area contributed by atoms with E-state index < -0.39 is 10.0 Å². The van der Waals surface area contributed by atoms with Crippen LogP contribution in [-0.2, 0) is 21.2 Å². The highest BCUT2D eigenvalue weighted by molar-refractivity contribution is 7.92. The molecule has 36 heavy (non-hydrogen) atoms. The minimum Gasteiger partial charge on any atom is -0.493 e. The lowest BCUT2D eigenvalue weighted by molar-refractivity contribution is -0.123. The van der Waals surface area contributed by atoms with Crippen molar-refractivity contribution >= 4 is 21.6 Å². The zero-order valence-corrected chi connectivity index (χ0v) is 21.6. The summed E-state index contributed by atoms with van der Waals surface area (Å²) in [6.45, 7) is 3.83. The van der Waals surface area contributed by atoms with Crippen LogP contribution in [0.4, 0.5) is 5.69 Å². The number of aryl methyl sites for hydroxylation is 1. The fourth-order valence-corrected chi connectivity index (χ4v) is 5.85. The van der Waals surface area contributed by atoms with E-state index >= 15 is 0 Å². The number of para-hydroxylation sites is 1. The summed E-state index contributed by atoms with van der Waals surface area (Å²) in [5.74, 6) is 1.33. The molecular formula is C27H30N2O6S. The van der Waals surface area contributed by atoms with Gasteiger partial charge in [0, 0.05) is 6.54 Å². The van der Waals surface area contributed by atoms with Crippen LogP contribution in [0.25, 0.3) is 0 Å². The van der Waals surface area contributed by atoms with E-state index in [1.54, 1.807) is 39.3 Å². The van der Waals surface area contributed by atoms with E-state index in [0.717, 1.165) is 16.8 Å². The van der Waals surface area contributed by atoms with E-state index in [-0.39, 0.29) is 23.5 Å². The zero-order chi connectivity index (χ0) is 25.9. The van der Waals surface area contributed by atoms with Crippen molar-refractivity contribution in [3.8, 4) is 17.2 Å². The summed E-state index contributed by atoms with van der Waals surface area (Å²) >= 11 is 0. The Labute approximate surface area is 211 Å². The molecule has 8 nitrogen and oxygen atoms in total. The zero-order valence-electron chi connectivity index (χ0n) is 20.8. The Kier molecular flexibility index (Phi) is 7.40. The number of methoxy groups -OCH3 is 2. The predicted octanol–water partition coefficient (Wildman–Crippen LogP) is 4.02. The summed E-state index contributed by atoms with van der Waals surface area (Å²) < 4.78 is 44.3. The highest BCUT2D eigenvalue weighted by Crippen LogP contribution is 2.34. The number of carbonyl (C=O) groups is 1. The Morgan fingerprint density at radius 1 is 1.00 bits per heavy atom. The number of sulfonamides is 1. The van der Waals surface area contributed by atoms with Gasteiger partial charge < -0.3 is 19.5 Å². The number of hydrogen-bond donors (Lipinski definition) is 1. The van der Waals surface area contributed by atoms with Crippen molar-refractivity contribution < 1.29 is 27.4 Å². The summed E-state index contributed by atoms with van der Waals surface area (Å²) in [4.78, 5) is 12.7. The fourth-order valence-electron chi connectivity index (χ4n) is 4.26. The molecule has 0 aliphatic carbocycles. The number of fused-ring (bicyclic) bond motifs is 1. The quantitative estimate of drug-likeness (QED) is 0.467. The van der Waals surface area contributed by atoms with Crippen molar-refractivity contribution in [2.45, 2.75) is 31.2 Å². The van der Waals surface area contributed by atoms with Crippen LogP contribution in [0.1, 0.15) is 29.7 Å². The molecule has 3 aromatic carbocycles. The second-order valence-electron chi connectivity index (χ2n) is 8.58. The normalized spacial score (nSPS) is 13.6. The maximum Gasteiger partial charge on any atom is 0.264 e. The molecule has 0 unspecified atom stereocenters. The Hall–Kier alpha value is -3.72. The van der Waals surface area contributed by atoms with E-state index in [0.29, 0.717) is 35.8 Å². The third kappa shape index (κ3) is 5.11. The molecule has 1 amide bonds. The average Bonchev–Trinajstić information content (AvgIpc) is 3.32. The smallest absolute Gasteiger partial charge is 0.264 e. The number of anilines is 1. The number of hydrogen-bond acceptors (Lipinski definition) is 6. The van der Waals surface area contributed by atoms with Crippen molar-refractivity contribution in [1.82, 2.24) is 5.32 Å². The van der Waals surface area contributed by atoms with Crippen molar-refractivity contribution in [3.05, 3.63) is 77.4 Å². The van der Waals surface area contributed by atoms with E-state index in [1.807, 2.05) is 43.3 Å². The molecule has 0 saturated heterocycles. The minimum atomic E-state index is -3.70. The second-order valence-corrected chi connectivity index (χ2v) is 10.4. The molecule has 1 aliphatic heterocycles. The van der Waals surface area contributed by atoms with Gasteiger partial charge in [0.25, 0.3) is 15.9 Å². The van der Waals surface area contributed by atoms with Crippen molar-refractivity contribution in [3.63, 3.8) is 0 Å². The van der Waals surface area contributed by atoms with Gasteiger partial charge in [0.05, 0.1) is 30.8 Å². The van der Waals surface area contributed by atoms with E-state index in [2.05, 4.69) is 5.32 Å². The highest BCUT2D eigenvalue weighted by atomic mass is 32.2. The molecule has 1 N–H and O–H groups in total. The van der Waals surface area contributed by atoms with Crippen molar-refractivity contribution in [2.24, 2.45) is 0 Å².